The average Bonchev–Trinajstić information content (AvgIpc) is 3.35. The Labute approximate surface area is 455 Å². The zero-order chi connectivity index (χ0) is 53.5. The SMILES string of the molecule is CCCCCCC/C=C\C/C=C\C/C=C\CCCCCCCCCCCCCCCCCCCCCCC(=O)NC(COP(=O)([O-])OCC[N+](C)(C)C)C(O)CCCCCCCCCCCCCCCCCC. The highest BCUT2D eigenvalue weighted by molar-refractivity contribution is 7.45. The number of likely N-dealkylation sites (N-methyl/N-ethyl adjacent to an activating group) is 1. The summed E-state index contributed by atoms with van der Waals surface area (Å²) in [7, 11) is 1.32. The smallest absolute Gasteiger partial charge is 0.268 e. The van der Waals surface area contributed by atoms with Crippen LogP contribution < -0.4 is 10.2 Å². The van der Waals surface area contributed by atoms with Crippen molar-refractivity contribution in [3.8, 4) is 0 Å². The third-order valence-corrected chi connectivity index (χ3v) is 15.6. The van der Waals surface area contributed by atoms with E-state index in [9.17, 15) is 19.4 Å². The van der Waals surface area contributed by atoms with Gasteiger partial charge in [0, 0.05) is 6.42 Å². The number of allylic oxidation sites excluding steroid dienone is 6. The van der Waals surface area contributed by atoms with Gasteiger partial charge in [0.25, 0.3) is 7.82 Å². The molecule has 9 heteroatoms. The molecule has 1 amide bonds. The monoisotopic (exact) mass is 1050 g/mol. The second kappa shape index (κ2) is 55.5. The van der Waals surface area contributed by atoms with Gasteiger partial charge in [-0.25, -0.2) is 0 Å². The molecule has 0 spiro atoms. The zero-order valence-electron chi connectivity index (χ0n) is 49.4. The maximum atomic E-state index is 13.0. The summed E-state index contributed by atoms with van der Waals surface area (Å²) >= 11 is 0. The number of carbonyl (C=O) groups excluding carboxylic acids is 1. The third-order valence-electron chi connectivity index (χ3n) is 14.6. The van der Waals surface area contributed by atoms with Crippen LogP contribution in [0.15, 0.2) is 36.5 Å². The quantitative estimate of drug-likeness (QED) is 0.0272. The van der Waals surface area contributed by atoms with Gasteiger partial charge in [0.1, 0.15) is 13.2 Å². The van der Waals surface area contributed by atoms with Crippen molar-refractivity contribution in [1.82, 2.24) is 5.32 Å². The Bertz CT molecular complexity index is 1280. The maximum Gasteiger partial charge on any atom is 0.268 e. The molecule has 0 fully saturated rings. The average molecular weight is 1050 g/mol. The number of hydrogen-bond acceptors (Lipinski definition) is 6. The summed E-state index contributed by atoms with van der Waals surface area (Å²) in [4.78, 5) is 25.6. The van der Waals surface area contributed by atoms with E-state index in [4.69, 9.17) is 9.05 Å². The number of aliphatic hydroxyl groups excluding tert-OH is 1. The maximum absolute atomic E-state index is 13.0. The molecule has 3 atom stereocenters. The number of carbonyl (C=O) groups is 1. The Morgan fingerprint density at radius 3 is 1.15 bits per heavy atom. The lowest BCUT2D eigenvalue weighted by Crippen LogP contribution is -2.46. The van der Waals surface area contributed by atoms with Crippen molar-refractivity contribution < 1.29 is 32.9 Å². The lowest BCUT2D eigenvalue weighted by Gasteiger charge is -2.30. The molecule has 0 heterocycles. The van der Waals surface area contributed by atoms with Gasteiger partial charge in [0.05, 0.1) is 39.9 Å². The summed E-state index contributed by atoms with van der Waals surface area (Å²) in [6.45, 7) is 4.75. The van der Waals surface area contributed by atoms with Gasteiger partial charge < -0.3 is 28.8 Å². The Balaban J connectivity index is 3.96. The van der Waals surface area contributed by atoms with Gasteiger partial charge in [-0.1, -0.05) is 294 Å². The molecular formula is C64H125N2O6P. The number of unbranched alkanes of at least 4 members (excludes halogenated alkanes) is 40. The number of aliphatic hydroxyl groups is 1. The minimum Gasteiger partial charge on any atom is -0.756 e. The molecule has 3 unspecified atom stereocenters. The van der Waals surface area contributed by atoms with E-state index < -0.39 is 20.0 Å². The second-order valence-corrected chi connectivity index (χ2v) is 24.5. The molecule has 0 aromatic heterocycles. The fraction of sp³-hybridized carbons (Fsp3) is 0.891. The van der Waals surface area contributed by atoms with Crippen LogP contribution in [0.5, 0.6) is 0 Å². The highest BCUT2D eigenvalue weighted by atomic mass is 31.2. The summed E-state index contributed by atoms with van der Waals surface area (Å²) < 4.78 is 23.4. The van der Waals surface area contributed by atoms with Crippen molar-refractivity contribution in [2.45, 2.75) is 328 Å². The molecule has 0 aliphatic heterocycles. The topological polar surface area (TPSA) is 108 Å². The molecule has 0 saturated heterocycles. The molecule has 0 aromatic carbocycles. The van der Waals surface area contributed by atoms with E-state index in [2.05, 4.69) is 55.6 Å². The number of rotatable bonds is 59. The molecule has 0 aliphatic carbocycles. The number of quaternary nitrogens is 1. The Morgan fingerprint density at radius 1 is 0.479 bits per heavy atom. The first-order valence-electron chi connectivity index (χ1n) is 31.8. The summed E-state index contributed by atoms with van der Waals surface area (Å²) in [6, 6.07) is -0.799. The van der Waals surface area contributed by atoms with Crippen LogP contribution in [0, 0.1) is 0 Å². The van der Waals surface area contributed by atoms with Crippen LogP contribution in [0.4, 0.5) is 0 Å². The van der Waals surface area contributed by atoms with Gasteiger partial charge in [0.2, 0.25) is 5.91 Å². The van der Waals surface area contributed by atoms with E-state index in [0.29, 0.717) is 23.9 Å². The van der Waals surface area contributed by atoms with Crippen molar-refractivity contribution >= 4 is 13.7 Å². The molecule has 0 radical (unpaired) electrons. The fourth-order valence-electron chi connectivity index (χ4n) is 9.64. The highest BCUT2D eigenvalue weighted by Gasteiger charge is 2.24. The summed E-state index contributed by atoms with van der Waals surface area (Å²) in [5.41, 5.74) is 0. The zero-order valence-corrected chi connectivity index (χ0v) is 50.3. The summed E-state index contributed by atoms with van der Waals surface area (Å²) in [6.07, 6.45) is 72.0. The molecule has 0 rings (SSSR count). The van der Waals surface area contributed by atoms with Gasteiger partial charge in [-0.3, -0.25) is 9.36 Å². The summed E-state index contributed by atoms with van der Waals surface area (Å²) in [5, 5.41) is 14.0. The standard InChI is InChI=1S/C64H125N2O6P/c1-6-8-10-12-14-16-18-20-22-24-25-26-27-28-29-30-31-32-33-34-35-36-37-38-39-40-41-42-44-46-48-50-52-54-56-58-64(68)65-62(61-72-73(69,70)71-60-59-66(3,4)5)63(67)57-55-53-51-49-47-45-43-23-21-19-17-15-13-11-9-7-2/h18,20,24-25,27-28,62-63,67H,6-17,19,21-23,26,29-61H2,1-5H3,(H-,65,68,69,70)/b20-18-,25-24-,28-27-. The second-order valence-electron chi connectivity index (χ2n) is 23.1. The van der Waals surface area contributed by atoms with Crippen LogP contribution in [-0.4, -0.2) is 68.5 Å². The molecule has 8 nitrogen and oxygen atoms in total. The Morgan fingerprint density at radius 2 is 0.795 bits per heavy atom. The van der Waals surface area contributed by atoms with Crippen molar-refractivity contribution in [2.75, 3.05) is 40.9 Å². The number of hydrogen-bond donors (Lipinski definition) is 2. The number of phosphoric acid groups is 1. The van der Waals surface area contributed by atoms with Crippen LogP contribution in [-0.2, 0) is 18.4 Å². The van der Waals surface area contributed by atoms with Gasteiger partial charge in [-0.15, -0.1) is 0 Å². The van der Waals surface area contributed by atoms with Crippen LogP contribution in [0.3, 0.4) is 0 Å². The molecule has 0 bridgehead atoms. The fourth-order valence-corrected chi connectivity index (χ4v) is 10.4. The van der Waals surface area contributed by atoms with E-state index in [1.54, 1.807) is 0 Å². The molecular weight excluding hydrogens is 924 g/mol. The predicted octanol–water partition coefficient (Wildman–Crippen LogP) is 19.1. The van der Waals surface area contributed by atoms with Gasteiger partial charge >= 0.3 is 0 Å². The van der Waals surface area contributed by atoms with Crippen LogP contribution >= 0.6 is 7.82 Å². The lowest BCUT2D eigenvalue weighted by molar-refractivity contribution is -0.870. The molecule has 73 heavy (non-hydrogen) atoms. The molecule has 2 N–H and O–H groups in total. The highest BCUT2D eigenvalue weighted by Crippen LogP contribution is 2.38. The minimum absolute atomic E-state index is 0.0141. The first kappa shape index (κ1) is 71.7. The number of nitrogens with zero attached hydrogens (tertiary/aromatic N) is 1. The van der Waals surface area contributed by atoms with E-state index in [-0.39, 0.29) is 19.1 Å². The molecule has 432 valence electrons. The number of nitrogens with one attached hydrogen (secondary N) is 1. The van der Waals surface area contributed by atoms with E-state index in [1.165, 1.54) is 238 Å². The third kappa shape index (κ3) is 58.2. The van der Waals surface area contributed by atoms with Crippen molar-refractivity contribution in [3.63, 3.8) is 0 Å². The van der Waals surface area contributed by atoms with Gasteiger partial charge in [0.15, 0.2) is 0 Å². The van der Waals surface area contributed by atoms with Gasteiger partial charge in [-0.05, 0) is 51.4 Å². The van der Waals surface area contributed by atoms with Crippen molar-refractivity contribution in [2.24, 2.45) is 0 Å². The van der Waals surface area contributed by atoms with E-state index in [0.717, 1.165) is 51.4 Å². The van der Waals surface area contributed by atoms with Crippen LogP contribution in [0.25, 0.3) is 0 Å². The minimum atomic E-state index is -4.57. The first-order valence-corrected chi connectivity index (χ1v) is 33.3. The number of phosphoric ester groups is 1. The summed E-state index contributed by atoms with van der Waals surface area (Å²) in [5.74, 6) is -0.159. The van der Waals surface area contributed by atoms with Crippen LogP contribution in [0.1, 0.15) is 316 Å². The largest absolute Gasteiger partial charge is 0.756 e. The van der Waals surface area contributed by atoms with E-state index in [1.807, 2.05) is 21.1 Å². The Kier molecular flexibility index (Phi) is 54.5. The van der Waals surface area contributed by atoms with Crippen molar-refractivity contribution in [3.05, 3.63) is 36.5 Å². The first-order chi connectivity index (χ1) is 35.5. The van der Waals surface area contributed by atoms with Crippen LogP contribution in [0.2, 0.25) is 0 Å². The van der Waals surface area contributed by atoms with Crippen molar-refractivity contribution in [1.29, 1.82) is 0 Å². The lowest BCUT2D eigenvalue weighted by atomic mass is 10.0. The molecule has 0 aromatic rings. The van der Waals surface area contributed by atoms with E-state index >= 15 is 0 Å². The van der Waals surface area contributed by atoms with Gasteiger partial charge in [-0.2, -0.15) is 0 Å². The molecule has 0 aliphatic rings. The predicted molar refractivity (Wildman–Crippen MR) is 316 cm³/mol. The molecule has 0 saturated carbocycles. The number of amides is 1. The normalized spacial score (nSPS) is 14.0. The Hall–Kier alpha value is -1.28.